The number of methoxy groups -OCH3 is 1. The van der Waals surface area contributed by atoms with Crippen LogP contribution in [0.25, 0.3) is 0 Å². The molecule has 1 N–H and O–H groups in total. The number of ether oxygens (including phenoxy) is 2. The Hall–Kier alpha value is -0.910. The normalized spacial score (nSPS) is 10.9. The minimum absolute atomic E-state index is 0.510. The summed E-state index contributed by atoms with van der Waals surface area (Å²) in [6, 6.07) is 0. The summed E-state index contributed by atoms with van der Waals surface area (Å²) in [6.45, 7) is 5.75. The number of aryl methyl sites for hydroxylation is 1. The highest BCUT2D eigenvalue weighted by Gasteiger charge is 2.03. The van der Waals surface area contributed by atoms with Crippen molar-refractivity contribution < 1.29 is 13.9 Å². The van der Waals surface area contributed by atoms with Gasteiger partial charge in [0.1, 0.15) is 12.4 Å². The summed E-state index contributed by atoms with van der Waals surface area (Å²) >= 11 is 0. The molecule has 0 unspecified atom stereocenters. The van der Waals surface area contributed by atoms with Gasteiger partial charge in [0.15, 0.2) is 5.89 Å². The van der Waals surface area contributed by atoms with Gasteiger partial charge in [-0.1, -0.05) is 0 Å². The Morgan fingerprint density at radius 1 is 1.41 bits per heavy atom. The predicted octanol–water partition coefficient (Wildman–Crippen LogP) is 1.38. The van der Waals surface area contributed by atoms with Crippen molar-refractivity contribution in [3.05, 3.63) is 17.8 Å². The highest BCUT2D eigenvalue weighted by molar-refractivity contribution is 4.92. The van der Waals surface area contributed by atoms with E-state index in [0.717, 1.165) is 44.2 Å². The number of aromatic nitrogens is 1. The summed E-state index contributed by atoms with van der Waals surface area (Å²) in [4.78, 5) is 4.20. The maximum atomic E-state index is 5.52. The molecule has 1 heterocycles. The molecule has 17 heavy (non-hydrogen) atoms. The molecule has 0 saturated carbocycles. The van der Waals surface area contributed by atoms with Gasteiger partial charge in [-0.2, -0.15) is 0 Å². The van der Waals surface area contributed by atoms with E-state index in [1.165, 1.54) is 0 Å². The lowest BCUT2D eigenvalue weighted by Crippen LogP contribution is -2.20. The van der Waals surface area contributed by atoms with Gasteiger partial charge in [0, 0.05) is 26.7 Å². The summed E-state index contributed by atoms with van der Waals surface area (Å²) in [5.74, 6) is 1.59. The minimum atomic E-state index is 0.510. The highest BCUT2D eigenvalue weighted by atomic mass is 16.5. The van der Waals surface area contributed by atoms with E-state index in [2.05, 4.69) is 10.3 Å². The molecule has 0 saturated heterocycles. The first kappa shape index (κ1) is 14.2. The van der Waals surface area contributed by atoms with Crippen LogP contribution in [0.5, 0.6) is 0 Å². The average molecular weight is 242 g/mol. The van der Waals surface area contributed by atoms with Crippen molar-refractivity contribution in [1.82, 2.24) is 10.3 Å². The first-order chi connectivity index (χ1) is 8.36. The van der Waals surface area contributed by atoms with E-state index in [9.17, 15) is 0 Å². The number of rotatable bonds is 10. The first-order valence-corrected chi connectivity index (χ1v) is 6.07. The second-order valence-electron chi connectivity index (χ2n) is 3.70. The van der Waals surface area contributed by atoms with E-state index >= 15 is 0 Å². The number of nitrogens with zero attached hydrogens (tertiary/aromatic N) is 1. The van der Waals surface area contributed by atoms with Crippen molar-refractivity contribution in [3.63, 3.8) is 0 Å². The van der Waals surface area contributed by atoms with E-state index in [1.54, 1.807) is 13.3 Å². The summed E-state index contributed by atoms with van der Waals surface area (Å²) in [5.41, 5.74) is 0. The minimum Gasteiger partial charge on any atom is -0.443 e. The van der Waals surface area contributed by atoms with Crippen molar-refractivity contribution in [1.29, 1.82) is 0 Å². The lowest BCUT2D eigenvalue weighted by molar-refractivity contribution is 0.117. The molecular formula is C12H22N2O3. The third kappa shape index (κ3) is 6.41. The maximum Gasteiger partial charge on any atom is 0.194 e. The molecule has 0 bridgehead atoms. The Kier molecular flexibility index (Phi) is 7.62. The van der Waals surface area contributed by atoms with E-state index < -0.39 is 0 Å². The standard InChI is InChI=1S/C12H22N2O3/c1-3-16-10-11-9-14-12(17-11)5-4-6-13-7-8-15-2/h9,13H,3-8,10H2,1-2H3. The largest absolute Gasteiger partial charge is 0.443 e. The van der Waals surface area contributed by atoms with Crippen LogP contribution in [0, 0.1) is 0 Å². The van der Waals surface area contributed by atoms with Gasteiger partial charge in [0.05, 0.1) is 12.8 Å². The summed E-state index contributed by atoms with van der Waals surface area (Å²) in [5, 5.41) is 3.28. The zero-order valence-electron chi connectivity index (χ0n) is 10.7. The third-order valence-corrected chi connectivity index (χ3v) is 2.28. The Morgan fingerprint density at radius 3 is 3.06 bits per heavy atom. The second-order valence-corrected chi connectivity index (χ2v) is 3.70. The fraction of sp³-hybridized carbons (Fsp3) is 0.750. The van der Waals surface area contributed by atoms with Gasteiger partial charge >= 0.3 is 0 Å². The number of hydrogen-bond acceptors (Lipinski definition) is 5. The van der Waals surface area contributed by atoms with Crippen LogP contribution in [0.4, 0.5) is 0 Å². The zero-order valence-corrected chi connectivity index (χ0v) is 10.7. The molecule has 0 amide bonds. The smallest absolute Gasteiger partial charge is 0.194 e. The van der Waals surface area contributed by atoms with Crippen LogP contribution < -0.4 is 5.32 Å². The second kappa shape index (κ2) is 9.15. The lowest BCUT2D eigenvalue weighted by atomic mass is 10.3. The van der Waals surface area contributed by atoms with Crippen LogP contribution in [-0.4, -0.2) is 38.4 Å². The van der Waals surface area contributed by atoms with Crippen molar-refractivity contribution in [3.8, 4) is 0 Å². The van der Waals surface area contributed by atoms with Gasteiger partial charge in [-0.15, -0.1) is 0 Å². The van der Waals surface area contributed by atoms with Crippen LogP contribution in [0.3, 0.4) is 0 Å². The molecule has 1 aromatic rings. The van der Waals surface area contributed by atoms with Gasteiger partial charge in [-0.3, -0.25) is 0 Å². The average Bonchev–Trinajstić information content (AvgIpc) is 2.79. The molecule has 0 aliphatic carbocycles. The third-order valence-electron chi connectivity index (χ3n) is 2.28. The molecule has 0 aliphatic rings. The molecule has 5 nitrogen and oxygen atoms in total. The SMILES string of the molecule is CCOCc1cnc(CCCNCCOC)o1. The van der Waals surface area contributed by atoms with Crippen molar-refractivity contribution in [2.75, 3.05) is 33.4 Å². The lowest BCUT2D eigenvalue weighted by Gasteiger charge is -2.02. The molecule has 0 aromatic carbocycles. The van der Waals surface area contributed by atoms with Crippen molar-refractivity contribution in [2.24, 2.45) is 0 Å². The molecule has 1 rings (SSSR count). The quantitative estimate of drug-likeness (QED) is 0.628. The zero-order chi connectivity index (χ0) is 12.3. The van der Waals surface area contributed by atoms with E-state index in [-0.39, 0.29) is 0 Å². The Balaban J connectivity index is 2.08. The van der Waals surface area contributed by atoms with Crippen LogP contribution in [-0.2, 0) is 22.5 Å². The Labute approximate surface area is 103 Å². The topological polar surface area (TPSA) is 56.5 Å². The molecule has 0 atom stereocenters. The fourth-order valence-corrected chi connectivity index (χ4v) is 1.40. The van der Waals surface area contributed by atoms with Gasteiger partial charge < -0.3 is 19.2 Å². The van der Waals surface area contributed by atoms with Crippen LogP contribution in [0.2, 0.25) is 0 Å². The molecule has 5 heteroatoms. The molecule has 1 aromatic heterocycles. The molecule has 0 aliphatic heterocycles. The van der Waals surface area contributed by atoms with Gasteiger partial charge in [-0.25, -0.2) is 4.98 Å². The van der Waals surface area contributed by atoms with E-state index in [0.29, 0.717) is 13.2 Å². The van der Waals surface area contributed by atoms with Crippen molar-refractivity contribution in [2.45, 2.75) is 26.4 Å². The molecule has 98 valence electrons. The molecule has 0 spiro atoms. The predicted molar refractivity (Wildman–Crippen MR) is 64.9 cm³/mol. The van der Waals surface area contributed by atoms with Crippen LogP contribution in [0.15, 0.2) is 10.6 Å². The van der Waals surface area contributed by atoms with Crippen LogP contribution >= 0.6 is 0 Å². The summed E-state index contributed by atoms with van der Waals surface area (Å²) < 4.78 is 15.7. The maximum absolute atomic E-state index is 5.52. The Morgan fingerprint density at radius 2 is 2.29 bits per heavy atom. The first-order valence-electron chi connectivity index (χ1n) is 6.07. The van der Waals surface area contributed by atoms with Gasteiger partial charge in [-0.05, 0) is 19.9 Å². The monoisotopic (exact) mass is 242 g/mol. The fourth-order valence-electron chi connectivity index (χ4n) is 1.40. The molecular weight excluding hydrogens is 220 g/mol. The summed E-state index contributed by atoms with van der Waals surface area (Å²) in [6.07, 6.45) is 3.60. The molecule has 0 fully saturated rings. The summed E-state index contributed by atoms with van der Waals surface area (Å²) in [7, 11) is 1.70. The number of nitrogens with one attached hydrogen (secondary N) is 1. The van der Waals surface area contributed by atoms with E-state index in [1.807, 2.05) is 6.92 Å². The number of hydrogen-bond donors (Lipinski definition) is 1. The van der Waals surface area contributed by atoms with Crippen molar-refractivity contribution >= 4 is 0 Å². The molecule has 0 radical (unpaired) electrons. The van der Waals surface area contributed by atoms with E-state index in [4.69, 9.17) is 13.9 Å². The van der Waals surface area contributed by atoms with Gasteiger partial charge in [0.25, 0.3) is 0 Å². The van der Waals surface area contributed by atoms with Crippen LogP contribution in [0.1, 0.15) is 25.0 Å². The Bertz CT molecular complexity index is 289. The number of oxazole rings is 1. The highest BCUT2D eigenvalue weighted by Crippen LogP contribution is 2.06. The van der Waals surface area contributed by atoms with Gasteiger partial charge in [0.2, 0.25) is 0 Å².